The quantitative estimate of drug-likeness (QED) is 0.654. The molecule has 0 amide bonds. The highest BCUT2D eigenvalue weighted by molar-refractivity contribution is 5.91. The maximum Gasteiger partial charge on any atom is 0.337 e. The molecule has 0 bridgehead atoms. The highest BCUT2D eigenvalue weighted by atomic mass is 16.5. The van der Waals surface area contributed by atoms with E-state index >= 15 is 0 Å². The number of hydrogen-bond acceptors (Lipinski definition) is 6. The summed E-state index contributed by atoms with van der Waals surface area (Å²) >= 11 is 0. The fourth-order valence-electron chi connectivity index (χ4n) is 2.68. The number of methoxy groups -OCH3 is 2. The zero-order valence-electron chi connectivity index (χ0n) is 14.0. The Balaban J connectivity index is 2.45. The minimum atomic E-state index is -0.481. The summed E-state index contributed by atoms with van der Waals surface area (Å²) in [6.45, 7) is 5.74. The molecule has 0 spiro atoms. The van der Waals surface area contributed by atoms with E-state index in [0.717, 1.165) is 0 Å². The molecule has 6 heteroatoms. The number of benzene rings is 1. The van der Waals surface area contributed by atoms with Gasteiger partial charge in [-0.25, -0.2) is 4.79 Å². The van der Waals surface area contributed by atoms with Crippen LogP contribution >= 0.6 is 0 Å². The Morgan fingerprint density at radius 3 is 2.52 bits per heavy atom. The first-order valence-electron chi connectivity index (χ1n) is 7.29. The van der Waals surface area contributed by atoms with Gasteiger partial charge in [0.25, 0.3) is 0 Å². The highest BCUT2D eigenvalue weighted by Gasteiger charge is 2.45. The fraction of sp³-hybridized carbons (Fsp3) is 0.471. The summed E-state index contributed by atoms with van der Waals surface area (Å²) in [6.07, 6.45) is 0.0989. The van der Waals surface area contributed by atoms with Gasteiger partial charge in [0, 0.05) is 11.8 Å². The van der Waals surface area contributed by atoms with Gasteiger partial charge in [-0.2, -0.15) is 0 Å². The monoisotopic (exact) mass is 322 g/mol. The molecular weight excluding hydrogens is 300 g/mol. The van der Waals surface area contributed by atoms with Crippen molar-refractivity contribution in [1.82, 2.24) is 0 Å². The average molecular weight is 322 g/mol. The van der Waals surface area contributed by atoms with Crippen molar-refractivity contribution in [2.75, 3.05) is 14.2 Å². The number of hydrogen-bond donors (Lipinski definition) is 2. The first-order chi connectivity index (χ1) is 10.7. The van der Waals surface area contributed by atoms with Gasteiger partial charge in [0.05, 0.1) is 19.8 Å². The van der Waals surface area contributed by atoms with Gasteiger partial charge >= 0.3 is 5.97 Å². The smallest absolute Gasteiger partial charge is 0.337 e. The Morgan fingerprint density at radius 1 is 1.30 bits per heavy atom. The van der Waals surface area contributed by atoms with Crippen LogP contribution in [0.3, 0.4) is 0 Å². The maximum atomic E-state index is 12.1. The van der Waals surface area contributed by atoms with Crippen LogP contribution in [-0.2, 0) is 20.7 Å². The van der Waals surface area contributed by atoms with Crippen molar-refractivity contribution in [1.29, 1.82) is 0 Å². The van der Waals surface area contributed by atoms with E-state index in [4.69, 9.17) is 14.2 Å². The molecule has 1 aromatic carbocycles. The number of esters is 1. The van der Waals surface area contributed by atoms with E-state index in [0.29, 0.717) is 16.9 Å². The summed E-state index contributed by atoms with van der Waals surface area (Å²) in [7, 11) is 2.73. The minimum absolute atomic E-state index is 0.158. The second-order valence-electron chi connectivity index (χ2n) is 6.11. The van der Waals surface area contributed by atoms with E-state index in [1.54, 1.807) is 6.07 Å². The van der Waals surface area contributed by atoms with Crippen LogP contribution in [0.15, 0.2) is 23.5 Å². The maximum absolute atomic E-state index is 12.1. The van der Waals surface area contributed by atoms with E-state index in [2.05, 4.69) is 0 Å². The van der Waals surface area contributed by atoms with Gasteiger partial charge in [0.15, 0.2) is 11.5 Å². The van der Waals surface area contributed by atoms with Crippen LogP contribution in [0.25, 0.3) is 0 Å². The molecule has 2 N–H and O–H groups in total. The van der Waals surface area contributed by atoms with E-state index < -0.39 is 11.4 Å². The Bertz CT molecular complexity index is 659. The van der Waals surface area contributed by atoms with Gasteiger partial charge in [0.2, 0.25) is 5.75 Å². The third-order valence-electron chi connectivity index (χ3n) is 4.35. The highest BCUT2D eigenvalue weighted by Crippen LogP contribution is 2.44. The van der Waals surface area contributed by atoms with Gasteiger partial charge < -0.3 is 24.4 Å². The summed E-state index contributed by atoms with van der Waals surface area (Å²) < 4.78 is 15.8. The van der Waals surface area contributed by atoms with Gasteiger partial charge in [-0.05, 0) is 24.6 Å². The molecule has 1 aliphatic rings. The zero-order chi connectivity index (χ0) is 17.4. The fourth-order valence-corrected chi connectivity index (χ4v) is 2.68. The molecule has 126 valence electrons. The average Bonchev–Trinajstić information content (AvgIpc) is 2.71. The Morgan fingerprint density at radius 2 is 1.96 bits per heavy atom. The van der Waals surface area contributed by atoms with Crippen LogP contribution < -0.4 is 4.74 Å². The standard InChI is InChI=1S/C17H22O6/c1-9-17(2,3)14(16(20)22-5)12(23-9)7-10-6-11(18)15(19)13(8-10)21-4/h6,8-9,18-19H,7H2,1-5H3. The topological polar surface area (TPSA) is 85.2 Å². The Labute approximate surface area is 135 Å². The van der Waals surface area contributed by atoms with Crippen LogP contribution in [0.5, 0.6) is 17.2 Å². The molecule has 1 atom stereocenters. The van der Waals surface area contributed by atoms with Crippen LogP contribution in [0, 0.1) is 5.41 Å². The molecule has 0 saturated carbocycles. The number of ether oxygens (including phenoxy) is 3. The van der Waals surface area contributed by atoms with Crippen molar-refractivity contribution in [3.63, 3.8) is 0 Å². The first-order valence-corrected chi connectivity index (χ1v) is 7.29. The zero-order valence-corrected chi connectivity index (χ0v) is 14.0. The SMILES string of the molecule is COC(=O)C1=C(Cc2cc(O)c(O)c(OC)c2)OC(C)C1(C)C. The largest absolute Gasteiger partial charge is 0.504 e. The summed E-state index contributed by atoms with van der Waals surface area (Å²) in [5, 5.41) is 19.5. The van der Waals surface area contributed by atoms with Crippen molar-refractivity contribution in [3.8, 4) is 17.2 Å². The van der Waals surface area contributed by atoms with E-state index in [-0.39, 0.29) is 29.8 Å². The van der Waals surface area contributed by atoms with Gasteiger partial charge in [0.1, 0.15) is 11.9 Å². The first kappa shape index (κ1) is 17.0. The van der Waals surface area contributed by atoms with Crippen molar-refractivity contribution < 1.29 is 29.2 Å². The summed E-state index contributed by atoms with van der Waals surface area (Å²) in [4.78, 5) is 12.1. The number of allylic oxidation sites excluding steroid dienone is 1. The van der Waals surface area contributed by atoms with Crippen molar-refractivity contribution in [2.45, 2.75) is 33.3 Å². The number of rotatable bonds is 4. The lowest BCUT2D eigenvalue weighted by Gasteiger charge is -2.23. The molecule has 2 rings (SSSR count). The van der Waals surface area contributed by atoms with Crippen molar-refractivity contribution >= 4 is 5.97 Å². The number of carbonyl (C=O) groups is 1. The number of phenols is 2. The number of aromatic hydroxyl groups is 2. The molecule has 0 fully saturated rings. The van der Waals surface area contributed by atoms with E-state index in [9.17, 15) is 15.0 Å². The van der Waals surface area contributed by atoms with Crippen LogP contribution in [0.4, 0.5) is 0 Å². The van der Waals surface area contributed by atoms with Crippen molar-refractivity contribution in [3.05, 3.63) is 29.0 Å². The number of phenolic OH excluding ortho intramolecular Hbond substituents is 2. The second kappa shape index (κ2) is 6.02. The molecule has 1 aliphatic heterocycles. The van der Waals surface area contributed by atoms with Gasteiger partial charge in [-0.15, -0.1) is 0 Å². The molecule has 0 saturated heterocycles. The summed E-state index contributed by atoms with van der Waals surface area (Å²) in [5.41, 5.74) is 0.656. The van der Waals surface area contributed by atoms with Crippen LogP contribution in [-0.4, -0.2) is 36.5 Å². The predicted octanol–water partition coefficient (Wildman–Crippen LogP) is 2.52. The normalized spacial score (nSPS) is 19.4. The Hall–Kier alpha value is -2.37. The lowest BCUT2D eigenvalue weighted by Crippen LogP contribution is -2.28. The molecule has 0 aliphatic carbocycles. The molecule has 0 radical (unpaired) electrons. The number of carbonyl (C=O) groups excluding carboxylic acids is 1. The molecule has 1 unspecified atom stereocenters. The third-order valence-corrected chi connectivity index (χ3v) is 4.35. The summed E-state index contributed by atoms with van der Waals surface area (Å²) in [5.74, 6) is -0.374. The van der Waals surface area contributed by atoms with Gasteiger partial charge in [-0.1, -0.05) is 13.8 Å². The molecule has 23 heavy (non-hydrogen) atoms. The molecule has 6 nitrogen and oxygen atoms in total. The molecule has 1 aromatic rings. The minimum Gasteiger partial charge on any atom is -0.504 e. The van der Waals surface area contributed by atoms with Crippen LogP contribution in [0.1, 0.15) is 26.3 Å². The lowest BCUT2D eigenvalue weighted by atomic mass is 9.80. The van der Waals surface area contributed by atoms with E-state index in [1.807, 2.05) is 20.8 Å². The molecule has 1 heterocycles. The Kier molecular flexibility index (Phi) is 4.45. The summed E-state index contributed by atoms with van der Waals surface area (Å²) in [6, 6.07) is 3.01. The second-order valence-corrected chi connectivity index (χ2v) is 6.11. The van der Waals surface area contributed by atoms with E-state index in [1.165, 1.54) is 20.3 Å². The predicted molar refractivity (Wildman–Crippen MR) is 83.4 cm³/mol. The molecule has 0 aromatic heterocycles. The van der Waals surface area contributed by atoms with Crippen LogP contribution in [0.2, 0.25) is 0 Å². The lowest BCUT2D eigenvalue weighted by molar-refractivity contribution is -0.137. The third kappa shape index (κ3) is 2.93. The van der Waals surface area contributed by atoms with Gasteiger partial charge in [-0.3, -0.25) is 0 Å². The van der Waals surface area contributed by atoms with Crippen molar-refractivity contribution in [2.24, 2.45) is 5.41 Å². The molecular formula is C17H22O6.